The summed E-state index contributed by atoms with van der Waals surface area (Å²) >= 11 is 0. The van der Waals surface area contributed by atoms with E-state index < -0.39 is 11.9 Å². The fourth-order valence-corrected chi connectivity index (χ4v) is 5.29. The molecule has 0 atom stereocenters. The van der Waals surface area contributed by atoms with Crippen molar-refractivity contribution in [1.82, 2.24) is 0 Å². The number of carbonyl (C=O) groups is 2. The summed E-state index contributed by atoms with van der Waals surface area (Å²) in [6.07, 6.45) is 23.6. The molecule has 0 saturated heterocycles. The molecule has 264 valence electrons. The van der Waals surface area contributed by atoms with E-state index in [0.29, 0.717) is 0 Å². The summed E-state index contributed by atoms with van der Waals surface area (Å²) in [6, 6.07) is 0. The zero-order chi connectivity index (χ0) is 34.5. The number of rotatable bonds is 26. The molecule has 0 saturated carbocycles. The lowest BCUT2D eigenvalue weighted by Gasteiger charge is -2.39. The number of carboxylic acids is 2. The van der Waals surface area contributed by atoms with Gasteiger partial charge in [-0.3, -0.25) is 0 Å². The summed E-state index contributed by atoms with van der Waals surface area (Å²) in [7, 11) is 0. The van der Waals surface area contributed by atoms with Gasteiger partial charge in [0.2, 0.25) is 0 Å². The van der Waals surface area contributed by atoms with Crippen molar-refractivity contribution in [3.63, 3.8) is 0 Å². The molecule has 0 aliphatic carbocycles. The Labute approximate surface area is 276 Å². The van der Waals surface area contributed by atoms with Gasteiger partial charge in [0, 0.05) is 0 Å². The smallest absolute Gasteiger partial charge is 0.0786 e. The van der Waals surface area contributed by atoms with Crippen LogP contribution in [-0.4, -0.2) is 73.3 Å². The Kier molecular flexibility index (Phi) is 42.0. The molecule has 0 aromatic carbocycles. The Morgan fingerprint density at radius 3 is 0.591 bits per heavy atom. The minimum Gasteiger partial charge on any atom is -0.545 e. The zero-order valence-corrected chi connectivity index (χ0v) is 31.1. The summed E-state index contributed by atoms with van der Waals surface area (Å²) < 4.78 is 2.84. The lowest BCUT2D eigenvalue weighted by molar-refractivity contribution is -0.929. The Bertz CT molecular complexity index is 507. The van der Waals surface area contributed by atoms with Gasteiger partial charge in [-0.25, -0.2) is 0 Å². The van der Waals surface area contributed by atoms with Gasteiger partial charge in [0.15, 0.2) is 0 Å². The molecule has 6 heteroatoms. The third-order valence-corrected chi connectivity index (χ3v) is 8.22. The largest absolute Gasteiger partial charge is 0.545 e. The molecule has 0 aromatic heterocycles. The van der Waals surface area contributed by atoms with Crippen LogP contribution < -0.4 is 10.2 Å². The van der Waals surface area contributed by atoms with E-state index in [-0.39, 0.29) is 0 Å². The molecule has 0 unspecified atom stereocenters. The predicted molar refractivity (Wildman–Crippen MR) is 189 cm³/mol. The number of aliphatic carboxylic acids is 2. The average Bonchev–Trinajstić information content (AvgIpc) is 3.04. The summed E-state index contributed by atoms with van der Waals surface area (Å²) in [4.78, 5) is 18.3. The van der Waals surface area contributed by atoms with Crippen LogP contribution in [0.25, 0.3) is 0 Å². The van der Waals surface area contributed by atoms with Crippen molar-refractivity contribution in [3.8, 4) is 0 Å². The van der Waals surface area contributed by atoms with Gasteiger partial charge < -0.3 is 28.8 Å². The SMILES string of the molecule is C=CC(=O)[O-].C=CC(=O)[O-].CCCC[N+](CCCC)(CCCC)CCCC.CCCC[N+](CCCC)(CCCC)CCCC. The second kappa shape index (κ2) is 37.5. The molecule has 0 aliphatic heterocycles. The van der Waals surface area contributed by atoms with Crippen molar-refractivity contribution in [3.05, 3.63) is 25.3 Å². The van der Waals surface area contributed by atoms with E-state index in [1.807, 2.05) is 0 Å². The normalized spacial score (nSPS) is 10.7. The van der Waals surface area contributed by atoms with Crippen LogP contribution in [0.3, 0.4) is 0 Å². The van der Waals surface area contributed by atoms with Crippen LogP contribution >= 0.6 is 0 Å². The molecule has 0 bridgehead atoms. The minimum absolute atomic E-state index is 0.722. The second-order valence-corrected chi connectivity index (χ2v) is 12.3. The van der Waals surface area contributed by atoms with Crippen LogP contribution in [0.5, 0.6) is 0 Å². The first kappa shape index (κ1) is 49.2. The second-order valence-electron chi connectivity index (χ2n) is 12.3. The van der Waals surface area contributed by atoms with E-state index in [9.17, 15) is 0 Å². The maximum Gasteiger partial charge on any atom is 0.0786 e. The highest BCUT2D eigenvalue weighted by Crippen LogP contribution is 2.17. The molecular weight excluding hydrogens is 548 g/mol. The summed E-state index contributed by atoms with van der Waals surface area (Å²) in [5, 5.41) is 18.3. The van der Waals surface area contributed by atoms with E-state index in [1.165, 1.54) is 164 Å². The number of unbranched alkanes of at least 4 members (excludes halogenated alkanes) is 8. The molecule has 44 heavy (non-hydrogen) atoms. The van der Waals surface area contributed by atoms with Gasteiger partial charge in [-0.2, -0.15) is 0 Å². The van der Waals surface area contributed by atoms with Crippen LogP contribution in [0.1, 0.15) is 158 Å². The Morgan fingerprint density at radius 1 is 0.409 bits per heavy atom. The van der Waals surface area contributed by atoms with Gasteiger partial charge >= 0.3 is 0 Å². The van der Waals surface area contributed by atoms with Gasteiger partial charge in [0.25, 0.3) is 0 Å². The van der Waals surface area contributed by atoms with Crippen LogP contribution in [0.15, 0.2) is 25.3 Å². The van der Waals surface area contributed by atoms with Crippen LogP contribution in [-0.2, 0) is 9.59 Å². The molecule has 0 fully saturated rings. The first-order valence-corrected chi connectivity index (χ1v) is 18.4. The number of carbonyl (C=O) groups excluding carboxylic acids is 2. The van der Waals surface area contributed by atoms with Gasteiger partial charge in [-0.15, -0.1) is 0 Å². The van der Waals surface area contributed by atoms with E-state index in [2.05, 4.69) is 68.5 Å². The van der Waals surface area contributed by atoms with Crippen molar-refractivity contribution >= 4 is 11.9 Å². The number of hydrogen-bond acceptors (Lipinski definition) is 4. The monoisotopic (exact) mass is 627 g/mol. The van der Waals surface area contributed by atoms with E-state index in [0.717, 1.165) is 12.2 Å². The first-order chi connectivity index (χ1) is 21.0. The van der Waals surface area contributed by atoms with E-state index in [1.54, 1.807) is 0 Å². The van der Waals surface area contributed by atoms with Crippen molar-refractivity contribution in [2.45, 2.75) is 158 Å². The van der Waals surface area contributed by atoms with Crippen molar-refractivity contribution in [2.24, 2.45) is 0 Å². The van der Waals surface area contributed by atoms with Gasteiger partial charge in [0.1, 0.15) is 0 Å². The maximum absolute atomic E-state index is 9.14. The van der Waals surface area contributed by atoms with Crippen LogP contribution in [0, 0.1) is 0 Å². The number of quaternary nitrogens is 2. The lowest BCUT2D eigenvalue weighted by atomic mass is 10.1. The molecule has 0 heterocycles. The molecule has 0 spiro atoms. The highest BCUT2D eigenvalue weighted by atomic mass is 16.4. The molecule has 6 nitrogen and oxygen atoms in total. The van der Waals surface area contributed by atoms with Crippen molar-refractivity contribution in [1.29, 1.82) is 0 Å². The summed E-state index contributed by atoms with van der Waals surface area (Å²) in [5.74, 6) is -2.46. The Balaban J connectivity index is -0.000000278. The highest BCUT2D eigenvalue weighted by molar-refractivity contribution is 5.76. The fourth-order valence-electron chi connectivity index (χ4n) is 5.29. The number of hydrogen-bond donors (Lipinski definition) is 0. The lowest BCUT2D eigenvalue weighted by Crippen LogP contribution is -2.50. The molecule has 0 aromatic rings. The Hall–Kier alpha value is -1.66. The average molecular weight is 627 g/mol. The molecule has 0 rings (SSSR count). The number of nitrogens with zero attached hydrogens (tertiary/aromatic N) is 2. The first-order valence-electron chi connectivity index (χ1n) is 18.4. The van der Waals surface area contributed by atoms with Gasteiger partial charge in [0.05, 0.1) is 64.3 Å². The molecule has 0 amide bonds. The van der Waals surface area contributed by atoms with Crippen molar-refractivity contribution < 1.29 is 28.8 Å². The standard InChI is InChI=1S/2C16H36N.2C3H4O2/c2*1-5-9-13-17(14-10-6-2,15-11-7-3)16-12-8-4;2*1-2-3(4)5/h2*5-16H2,1-4H3;2*2H,1H2,(H,4,5)/q2*+1;;/p-2. The quantitative estimate of drug-likeness (QED) is 0.0723. The number of carboxylic acid groups (broad SMARTS) is 2. The van der Waals surface area contributed by atoms with Crippen molar-refractivity contribution in [2.75, 3.05) is 52.4 Å². The topological polar surface area (TPSA) is 80.3 Å². The third-order valence-electron chi connectivity index (χ3n) is 8.22. The van der Waals surface area contributed by atoms with Crippen LogP contribution in [0.2, 0.25) is 0 Å². The molecule has 0 radical (unpaired) electrons. The maximum atomic E-state index is 9.14. The molecule has 0 N–H and O–H groups in total. The fraction of sp³-hybridized carbons (Fsp3) is 0.842. The third kappa shape index (κ3) is 34.8. The zero-order valence-electron chi connectivity index (χ0n) is 31.1. The van der Waals surface area contributed by atoms with Crippen LogP contribution in [0.4, 0.5) is 0 Å². The predicted octanol–water partition coefficient (Wildman–Crippen LogP) is 7.85. The van der Waals surface area contributed by atoms with Gasteiger partial charge in [-0.1, -0.05) is 120 Å². The van der Waals surface area contributed by atoms with E-state index >= 15 is 0 Å². The van der Waals surface area contributed by atoms with Gasteiger partial charge in [-0.05, 0) is 63.5 Å². The minimum atomic E-state index is -1.23. The Morgan fingerprint density at radius 2 is 0.523 bits per heavy atom. The van der Waals surface area contributed by atoms with E-state index in [4.69, 9.17) is 19.8 Å². The highest BCUT2D eigenvalue weighted by Gasteiger charge is 2.25. The molecular formula is C38H78N2O4. The summed E-state index contributed by atoms with van der Waals surface area (Å²) in [6.45, 7) is 35.8. The summed E-state index contributed by atoms with van der Waals surface area (Å²) in [5.41, 5.74) is 0. The molecule has 0 aliphatic rings.